The summed E-state index contributed by atoms with van der Waals surface area (Å²) < 4.78 is 14.2. The number of halogens is 3. The molecule has 1 aromatic heterocycles. The number of thioether (sulfide) groups is 1. The summed E-state index contributed by atoms with van der Waals surface area (Å²) in [7, 11) is 1.61. The van der Waals surface area contributed by atoms with Gasteiger partial charge in [0.1, 0.15) is 18.1 Å². The Morgan fingerprint density at radius 2 is 1.76 bits per heavy atom. The normalized spacial score (nSPS) is 11.0. The topological polar surface area (TPSA) is 103 Å². The van der Waals surface area contributed by atoms with Gasteiger partial charge >= 0.3 is 0 Å². The molecule has 0 fully saturated rings. The molecule has 0 saturated carbocycles. The number of nitrogens with zero attached hydrogens (tertiary/aromatic N) is 4. The number of nitrogens with one attached hydrogen (secondary N) is 2. The van der Waals surface area contributed by atoms with Gasteiger partial charge in [-0.3, -0.25) is 9.36 Å². The molecule has 0 saturated heterocycles. The number of para-hydroxylation sites is 3. The minimum absolute atomic E-state index is 0.0301. The van der Waals surface area contributed by atoms with Gasteiger partial charge in [0.15, 0.2) is 11.0 Å². The predicted octanol–water partition coefficient (Wildman–Crippen LogP) is 7.78. The molecule has 0 aliphatic rings. The summed E-state index contributed by atoms with van der Waals surface area (Å²) in [5, 5.41) is 17.6. The average Bonchev–Trinajstić information content (AvgIpc) is 3.45. The maximum Gasteiger partial charge on any atom is 0.250 e. The van der Waals surface area contributed by atoms with Crippen LogP contribution in [-0.2, 0) is 17.9 Å². The molecule has 1 amide bonds. The smallest absolute Gasteiger partial charge is 0.250 e. The van der Waals surface area contributed by atoms with Crippen molar-refractivity contribution in [2.45, 2.75) is 18.3 Å². The summed E-state index contributed by atoms with van der Waals surface area (Å²) >= 11 is 17.4. The fraction of sp³-hybridized carbons (Fsp3) is 0.125. The van der Waals surface area contributed by atoms with Crippen LogP contribution in [0.1, 0.15) is 17.0 Å². The van der Waals surface area contributed by atoms with Crippen LogP contribution >= 0.6 is 50.9 Å². The third kappa shape index (κ3) is 8.79. The second kappa shape index (κ2) is 15.8. The summed E-state index contributed by atoms with van der Waals surface area (Å²) in [4.78, 5) is 12.8. The van der Waals surface area contributed by atoms with Gasteiger partial charge in [-0.1, -0.05) is 87.3 Å². The first-order valence-electron chi connectivity index (χ1n) is 13.6. The molecule has 4 aromatic carbocycles. The van der Waals surface area contributed by atoms with E-state index in [9.17, 15) is 4.79 Å². The van der Waals surface area contributed by atoms with E-state index in [0.717, 1.165) is 21.3 Å². The van der Waals surface area contributed by atoms with Gasteiger partial charge in [-0.25, -0.2) is 5.43 Å². The van der Waals surface area contributed by atoms with Crippen LogP contribution in [0.4, 0.5) is 5.69 Å². The standard InChI is InChI=1S/C32H27BrCl2N6O3S/c1-43-29-9-5-3-7-26(29)36-18-30-38-40-32(41(30)27-15-14-24(34)16-25(27)35)45-20-31(42)39-37-17-22-6-2-4-8-28(22)44-19-21-10-12-23(33)13-11-21/h2-17,36H,18-20H2,1H3,(H,39,42). The maximum atomic E-state index is 12.8. The summed E-state index contributed by atoms with van der Waals surface area (Å²) in [6.07, 6.45) is 1.55. The Hall–Kier alpha value is -4.03. The van der Waals surface area contributed by atoms with Crippen molar-refractivity contribution in [1.82, 2.24) is 20.2 Å². The zero-order chi connectivity index (χ0) is 31.6. The van der Waals surface area contributed by atoms with Gasteiger partial charge in [0, 0.05) is 15.1 Å². The SMILES string of the molecule is COc1ccccc1NCc1nnc(SCC(=O)NN=Cc2ccccc2OCc2ccc(Br)cc2)n1-c1ccc(Cl)cc1Cl. The number of ether oxygens (including phenoxy) is 2. The van der Waals surface area contributed by atoms with E-state index in [-0.39, 0.29) is 11.7 Å². The fourth-order valence-electron chi connectivity index (χ4n) is 4.17. The minimum atomic E-state index is -0.324. The number of carbonyl (C=O) groups excluding carboxylic acids is 1. The second-order valence-corrected chi connectivity index (χ2v) is 12.1. The number of amides is 1. The van der Waals surface area contributed by atoms with E-state index in [1.54, 1.807) is 36.1 Å². The van der Waals surface area contributed by atoms with Crippen LogP contribution in [0.3, 0.4) is 0 Å². The third-order valence-corrected chi connectivity index (χ3v) is 8.34. The summed E-state index contributed by atoms with van der Waals surface area (Å²) in [6.45, 7) is 0.711. The molecule has 230 valence electrons. The van der Waals surface area contributed by atoms with Crippen molar-refractivity contribution in [3.8, 4) is 17.2 Å². The zero-order valence-electron chi connectivity index (χ0n) is 23.9. The highest BCUT2D eigenvalue weighted by atomic mass is 79.9. The van der Waals surface area contributed by atoms with Crippen LogP contribution in [0.15, 0.2) is 106 Å². The van der Waals surface area contributed by atoms with E-state index < -0.39 is 0 Å². The van der Waals surface area contributed by atoms with Gasteiger partial charge in [0.2, 0.25) is 0 Å². The van der Waals surface area contributed by atoms with Crippen molar-refractivity contribution in [3.05, 3.63) is 122 Å². The van der Waals surface area contributed by atoms with Crippen molar-refractivity contribution < 1.29 is 14.3 Å². The molecule has 2 N–H and O–H groups in total. The Morgan fingerprint density at radius 1 is 1.00 bits per heavy atom. The number of carbonyl (C=O) groups is 1. The van der Waals surface area contributed by atoms with Crippen LogP contribution in [0.25, 0.3) is 5.69 Å². The van der Waals surface area contributed by atoms with Crippen molar-refractivity contribution in [1.29, 1.82) is 0 Å². The first-order chi connectivity index (χ1) is 21.9. The number of rotatable bonds is 13. The number of methoxy groups -OCH3 is 1. The number of hydrogen-bond acceptors (Lipinski definition) is 8. The van der Waals surface area contributed by atoms with Gasteiger partial charge in [0.05, 0.1) is 42.0 Å². The minimum Gasteiger partial charge on any atom is -0.495 e. The van der Waals surface area contributed by atoms with Crippen molar-refractivity contribution in [2.75, 3.05) is 18.2 Å². The van der Waals surface area contributed by atoms with E-state index >= 15 is 0 Å². The van der Waals surface area contributed by atoms with E-state index in [0.29, 0.717) is 51.4 Å². The van der Waals surface area contributed by atoms with Gasteiger partial charge in [0.25, 0.3) is 5.91 Å². The van der Waals surface area contributed by atoms with E-state index in [2.05, 4.69) is 42.0 Å². The van der Waals surface area contributed by atoms with Crippen LogP contribution in [-0.4, -0.2) is 39.7 Å². The Balaban J connectivity index is 1.24. The van der Waals surface area contributed by atoms with E-state index in [1.165, 1.54) is 11.8 Å². The van der Waals surface area contributed by atoms with Gasteiger partial charge in [-0.2, -0.15) is 5.10 Å². The van der Waals surface area contributed by atoms with Crippen molar-refractivity contribution in [3.63, 3.8) is 0 Å². The lowest BCUT2D eigenvalue weighted by molar-refractivity contribution is -0.118. The molecule has 0 bridgehead atoms. The summed E-state index contributed by atoms with van der Waals surface area (Å²) in [5.41, 5.74) is 5.76. The molecule has 0 aliphatic heterocycles. The first kappa shape index (κ1) is 32.4. The summed E-state index contributed by atoms with van der Waals surface area (Å²) in [6, 6.07) is 28.1. The number of aromatic nitrogens is 3. The van der Waals surface area contributed by atoms with Crippen molar-refractivity contribution in [2.24, 2.45) is 5.10 Å². The van der Waals surface area contributed by atoms with Gasteiger partial charge in [-0.15, -0.1) is 10.2 Å². The largest absolute Gasteiger partial charge is 0.495 e. The number of anilines is 1. The number of hydrogen-bond donors (Lipinski definition) is 2. The molecule has 0 spiro atoms. The van der Waals surface area contributed by atoms with E-state index in [4.69, 9.17) is 32.7 Å². The molecule has 0 atom stereocenters. The average molecular weight is 726 g/mol. The van der Waals surface area contributed by atoms with Crippen LogP contribution in [0, 0.1) is 0 Å². The van der Waals surface area contributed by atoms with Crippen LogP contribution in [0.5, 0.6) is 11.5 Å². The fourth-order valence-corrected chi connectivity index (χ4v) is 5.69. The Labute approximate surface area is 283 Å². The maximum absolute atomic E-state index is 12.8. The molecule has 1 heterocycles. The molecule has 13 heteroatoms. The molecule has 0 unspecified atom stereocenters. The monoisotopic (exact) mass is 724 g/mol. The van der Waals surface area contributed by atoms with Crippen molar-refractivity contribution >= 4 is 68.7 Å². The molecular weight excluding hydrogens is 699 g/mol. The predicted molar refractivity (Wildman–Crippen MR) is 183 cm³/mol. The highest BCUT2D eigenvalue weighted by molar-refractivity contribution is 9.10. The molecule has 5 rings (SSSR count). The Bertz CT molecular complexity index is 1800. The first-order valence-corrected chi connectivity index (χ1v) is 16.1. The second-order valence-electron chi connectivity index (χ2n) is 9.42. The molecular formula is C32H27BrCl2N6O3S. The highest BCUT2D eigenvalue weighted by Gasteiger charge is 2.18. The molecule has 0 aliphatic carbocycles. The molecule has 9 nitrogen and oxygen atoms in total. The lowest BCUT2D eigenvalue weighted by Crippen LogP contribution is -2.20. The number of benzene rings is 4. The van der Waals surface area contributed by atoms with Crippen LogP contribution < -0.4 is 20.2 Å². The lowest BCUT2D eigenvalue weighted by atomic mass is 10.2. The van der Waals surface area contributed by atoms with Gasteiger partial charge < -0.3 is 14.8 Å². The molecule has 5 aromatic rings. The quantitative estimate of drug-likeness (QED) is 0.0726. The van der Waals surface area contributed by atoms with E-state index in [1.807, 2.05) is 72.8 Å². The zero-order valence-corrected chi connectivity index (χ0v) is 27.8. The molecule has 45 heavy (non-hydrogen) atoms. The molecule has 0 radical (unpaired) electrons. The Kier molecular flexibility index (Phi) is 11.4. The van der Waals surface area contributed by atoms with Gasteiger partial charge in [-0.05, 0) is 60.2 Å². The summed E-state index contributed by atoms with van der Waals surface area (Å²) in [5.74, 6) is 1.62. The third-order valence-electron chi connectivity index (χ3n) is 6.35. The lowest BCUT2D eigenvalue weighted by Gasteiger charge is -2.14. The number of hydrazone groups is 1. The highest BCUT2D eigenvalue weighted by Crippen LogP contribution is 2.30. The Morgan fingerprint density at radius 3 is 2.53 bits per heavy atom. The van der Waals surface area contributed by atoms with Crippen LogP contribution in [0.2, 0.25) is 10.0 Å².